The average Bonchev–Trinajstić information content (AvgIpc) is 3.92. The standard InChI is InChI=1S/C38H42N8O4/c1-24(2)33(44-38(49)50-3)35(47)46-21-7-10-32(46)34-40-22-30(42-34)28-15-11-26(12-16-28)27-13-17-29(18-14-27)31-23-41-36(43-31)45-37(48)39-20-19-25-8-5-4-6-9-25/h4-6,8-9,11-18,22-24,32-33H,7,10,19-21H2,1-3H3,(H,40,42)(H,44,49)(H3,39,41,43,45,48). The minimum Gasteiger partial charge on any atom is -0.453 e. The molecule has 12 heteroatoms. The molecule has 3 aromatic carbocycles. The first-order valence-electron chi connectivity index (χ1n) is 16.8. The summed E-state index contributed by atoms with van der Waals surface area (Å²) in [7, 11) is 1.29. The van der Waals surface area contributed by atoms with Gasteiger partial charge in [0.15, 0.2) is 0 Å². The number of imidazole rings is 2. The van der Waals surface area contributed by atoms with Crippen LogP contribution in [-0.4, -0.2) is 69.1 Å². The molecule has 0 aliphatic carbocycles. The van der Waals surface area contributed by atoms with Crippen LogP contribution in [0.25, 0.3) is 33.6 Å². The fourth-order valence-electron chi connectivity index (χ4n) is 6.18. The molecular weight excluding hydrogens is 632 g/mol. The van der Waals surface area contributed by atoms with Crippen LogP contribution in [0.2, 0.25) is 0 Å². The summed E-state index contributed by atoms with van der Waals surface area (Å²) in [6.07, 6.45) is 5.27. The minimum atomic E-state index is -0.679. The molecule has 0 spiro atoms. The topological polar surface area (TPSA) is 157 Å². The molecule has 258 valence electrons. The molecule has 2 aromatic heterocycles. The smallest absolute Gasteiger partial charge is 0.407 e. The van der Waals surface area contributed by atoms with Gasteiger partial charge in [-0.25, -0.2) is 19.6 Å². The predicted molar refractivity (Wildman–Crippen MR) is 192 cm³/mol. The molecule has 5 aromatic rings. The number of aromatic nitrogens is 4. The van der Waals surface area contributed by atoms with Gasteiger partial charge in [-0.15, -0.1) is 0 Å². The van der Waals surface area contributed by atoms with Crippen LogP contribution < -0.4 is 16.0 Å². The van der Waals surface area contributed by atoms with E-state index in [-0.39, 0.29) is 23.9 Å². The lowest BCUT2D eigenvalue weighted by molar-refractivity contribution is -0.135. The number of nitrogens with one attached hydrogen (secondary N) is 5. The first-order chi connectivity index (χ1) is 24.3. The number of hydrogen-bond donors (Lipinski definition) is 5. The molecule has 1 aliphatic rings. The van der Waals surface area contributed by atoms with E-state index >= 15 is 0 Å². The quantitative estimate of drug-likeness (QED) is 0.107. The Kier molecular flexibility index (Phi) is 10.6. The Balaban J connectivity index is 1.05. The summed E-state index contributed by atoms with van der Waals surface area (Å²) in [6.45, 7) is 4.92. The van der Waals surface area contributed by atoms with Crippen molar-refractivity contribution in [3.8, 4) is 33.6 Å². The number of carbonyl (C=O) groups excluding carboxylic acids is 3. The van der Waals surface area contributed by atoms with Gasteiger partial charge >= 0.3 is 12.1 Å². The Labute approximate surface area is 291 Å². The molecule has 50 heavy (non-hydrogen) atoms. The van der Waals surface area contributed by atoms with Crippen molar-refractivity contribution < 1.29 is 19.1 Å². The minimum absolute atomic E-state index is 0.0965. The summed E-state index contributed by atoms with van der Waals surface area (Å²) in [5.41, 5.74) is 6.86. The van der Waals surface area contributed by atoms with Crippen LogP contribution in [0.15, 0.2) is 91.3 Å². The van der Waals surface area contributed by atoms with Crippen LogP contribution in [0.5, 0.6) is 0 Å². The zero-order valence-electron chi connectivity index (χ0n) is 28.4. The SMILES string of the molecule is COC(=O)NC(C(=O)N1CCCC1c1ncc(-c2ccc(-c3ccc(-c4cnc(NC(=O)NCCc5ccccc5)[nH]4)cc3)cc2)[nH]1)C(C)C. The van der Waals surface area contributed by atoms with Gasteiger partial charge in [-0.05, 0) is 53.0 Å². The number of urea groups is 1. The lowest BCUT2D eigenvalue weighted by Gasteiger charge is -2.30. The summed E-state index contributed by atoms with van der Waals surface area (Å²) in [5, 5.41) is 8.30. The average molecular weight is 675 g/mol. The molecule has 1 aliphatic heterocycles. The van der Waals surface area contributed by atoms with Crippen LogP contribution in [0.1, 0.15) is 44.1 Å². The third-order valence-electron chi connectivity index (χ3n) is 8.91. The Morgan fingerprint density at radius 3 is 2.12 bits per heavy atom. The van der Waals surface area contributed by atoms with Gasteiger partial charge in [0.1, 0.15) is 11.9 Å². The Hall–Kier alpha value is -5.91. The second-order valence-corrected chi connectivity index (χ2v) is 12.6. The van der Waals surface area contributed by atoms with Gasteiger partial charge in [-0.2, -0.15) is 0 Å². The Morgan fingerprint density at radius 1 is 0.860 bits per heavy atom. The number of amides is 4. The van der Waals surface area contributed by atoms with Crippen LogP contribution in [0, 0.1) is 5.92 Å². The molecule has 5 N–H and O–H groups in total. The van der Waals surface area contributed by atoms with Crippen molar-refractivity contribution in [3.05, 3.63) is 103 Å². The molecule has 1 saturated heterocycles. The highest BCUT2D eigenvalue weighted by Gasteiger charge is 2.37. The number of carbonyl (C=O) groups is 3. The van der Waals surface area contributed by atoms with E-state index in [4.69, 9.17) is 4.74 Å². The van der Waals surface area contributed by atoms with Gasteiger partial charge in [0.2, 0.25) is 11.9 Å². The van der Waals surface area contributed by atoms with Gasteiger partial charge in [-0.1, -0.05) is 92.7 Å². The van der Waals surface area contributed by atoms with E-state index in [9.17, 15) is 14.4 Å². The third-order valence-corrected chi connectivity index (χ3v) is 8.91. The lowest BCUT2D eigenvalue weighted by atomic mass is 10.0. The highest BCUT2D eigenvalue weighted by Crippen LogP contribution is 2.33. The molecule has 4 amide bonds. The fraction of sp³-hybridized carbons (Fsp3) is 0.289. The summed E-state index contributed by atoms with van der Waals surface area (Å²) in [5.74, 6) is 0.873. The zero-order chi connectivity index (χ0) is 35.0. The molecule has 12 nitrogen and oxygen atoms in total. The number of anilines is 1. The van der Waals surface area contributed by atoms with Gasteiger partial charge in [0, 0.05) is 13.1 Å². The van der Waals surface area contributed by atoms with Crippen molar-refractivity contribution in [1.82, 2.24) is 35.5 Å². The predicted octanol–water partition coefficient (Wildman–Crippen LogP) is 6.54. The molecule has 0 radical (unpaired) electrons. The number of alkyl carbamates (subject to hydrolysis) is 1. The zero-order valence-corrected chi connectivity index (χ0v) is 28.4. The number of hydrogen-bond acceptors (Lipinski definition) is 6. The molecule has 0 bridgehead atoms. The van der Waals surface area contributed by atoms with E-state index < -0.39 is 12.1 Å². The van der Waals surface area contributed by atoms with Crippen molar-refractivity contribution in [1.29, 1.82) is 0 Å². The molecule has 1 fully saturated rings. The van der Waals surface area contributed by atoms with Gasteiger partial charge in [0.05, 0.1) is 36.9 Å². The van der Waals surface area contributed by atoms with Crippen molar-refractivity contribution in [2.24, 2.45) is 5.92 Å². The van der Waals surface area contributed by atoms with Crippen LogP contribution >= 0.6 is 0 Å². The number of benzene rings is 3. The first kappa shape index (κ1) is 34.0. The molecule has 2 unspecified atom stereocenters. The number of likely N-dealkylation sites (tertiary alicyclic amines) is 1. The largest absolute Gasteiger partial charge is 0.453 e. The van der Waals surface area contributed by atoms with Crippen LogP contribution in [0.3, 0.4) is 0 Å². The first-order valence-corrected chi connectivity index (χ1v) is 16.8. The number of aromatic amines is 2. The number of methoxy groups -OCH3 is 1. The van der Waals surface area contributed by atoms with Crippen LogP contribution in [0.4, 0.5) is 15.5 Å². The molecule has 6 rings (SSSR count). The Morgan fingerprint density at radius 2 is 1.48 bits per heavy atom. The van der Waals surface area contributed by atoms with Gasteiger partial charge in [-0.3, -0.25) is 10.1 Å². The molecule has 3 heterocycles. The lowest BCUT2D eigenvalue weighted by Crippen LogP contribution is -2.51. The molecular formula is C38H42N8O4. The van der Waals surface area contributed by atoms with Crippen molar-refractivity contribution in [2.45, 2.75) is 45.2 Å². The number of rotatable bonds is 11. The maximum absolute atomic E-state index is 13.5. The van der Waals surface area contributed by atoms with Gasteiger partial charge in [0.25, 0.3) is 0 Å². The Bertz CT molecular complexity index is 1900. The normalized spacial score (nSPS) is 14.7. The van der Waals surface area contributed by atoms with E-state index in [0.29, 0.717) is 19.0 Å². The number of H-pyrrole nitrogens is 2. The fourth-order valence-corrected chi connectivity index (χ4v) is 6.18. The maximum Gasteiger partial charge on any atom is 0.407 e. The summed E-state index contributed by atoms with van der Waals surface area (Å²) in [6, 6.07) is 25.2. The highest BCUT2D eigenvalue weighted by molar-refractivity contribution is 5.88. The van der Waals surface area contributed by atoms with E-state index in [0.717, 1.165) is 64.3 Å². The summed E-state index contributed by atoms with van der Waals surface area (Å²) >= 11 is 0. The van der Waals surface area contributed by atoms with E-state index in [1.807, 2.05) is 85.5 Å². The molecule has 0 saturated carbocycles. The highest BCUT2D eigenvalue weighted by atomic mass is 16.5. The van der Waals surface area contributed by atoms with Crippen molar-refractivity contribution in [2.75, 3.05) is 25.5 Å². The van der Waals surface area contributed by atoms with Crippen LogP contribution in [-0.2, 0) is 16.0 Å². The third kappa shape index (κ3) is 8.03. The van der Waals surface area contributed by atoms with E-state index in [1.165, 1.54) is 7.11 Å². The monoisotopic (exact) mass is 674 g/mol. The second kappa shape index (κ2) is 15.5. The summed E-state index contributed by atoms with van der Waals surface area (Å²) in [4.78, 5) is 55.1. The van der Waals surface area contributed by atoms with E-state index in [1.54, 1.807) is 12.4 Å². The van der Waals surface area contributed by atoms with Crippen molar-refractivity contribution in [3.63, 3.8) is 0 Å². The second-order valence-electron chi connectivity index (χ2n) is 12.6. The maximum atomic E-state index is 13.5. The number of ether oxygens (including phenoxy) is 1. The summed E-state index contributed by atoms with van der Waals surface area (Å²) < 4.78 is 4.74. The van der Waals surface area contributed by atoms with E-state index in [2.05, 4.69) is 48.0 Å². The van der Waals surface area contributed by atoms with Crippen molar-refractivity contribution >= 4 is 24.0 Å². The van der Waals surface area contributed by atoms with Gasteiger partial charge < -0.3 is 30.2 Å². The molecule has 2 atom stereocenters. The number of nitrogens with zero attached hydrogens (tertiary/aromatic N) is 3.